The molecule has 0 fully saturated rings. The van der Waals surface area contributed by atoms with E-state index in [0.29, 0.717) is 17.6 Å². The molecule has 0 saturated heterocycles. The highest BCUT2D eigenvalue weighted by molar-refractivity contribution is 7.99. The summed E-state index contributed by atoms with van der Waals surface area (Å²) < 4.78 is 0. The van der Waals surface area contributed by atoms with Gasteiger partial charge in [-0.3, -0.25) is 9.89 Å². The fourth-order valence-corrected chi connectivity index (χ4v) is 1.38. The van der Waals surface area contributed by atoms with Crippen molar-refractivity contribution in [2.75, 3.05) is 12.8 Å². The first-order valence-electron chi connectivity index (χ1n) is 4.83. The number of carbonyl (C=O) groups excluding carboxylic acids is 1. The van der Waals surface area contributed by atoms with Crippen LogP contribution < -0.4 is 5.32 Å². The number of amides is 1. The molecule has 15 heavy (non-hydrogen) atoms. The first-order chi connectivity index (χ1) is 7.13. The molecule has 1 rings (SSSR count). The molecule has 5 nitrogen and oxygen atoms in total. The van der Waals surface area contributed by atoms with Crippen molar-refractivity contribution in [1.29, 1.82) is 0 Å². The number of hydrogen-bond acceptors (Lipinski definition) is 4. The topological polar surface area (TPSA) is 70.7 Å². The van der Waals surface area contributed by atoms with Gasteiger partial charge >= 0.3 is 0 Å². The number of thioether (sulfide) groups is 1. The highest BCUT2D eigenvalue weighted by atomic mass is 32.2. The van der Waals surface area contributed by atoms with Crippen LogP contribution in [0.3, 0.4) is 0 Å². The summed E-state index contributed by atoms with van der Waals surface area (Å²) in [5.41, 5.74) is 0. The maximum atomic E-state index is 11.5. The maximum absolute atomic E-state index is 11.5. The van der Waals surface area contributed by atoms with Crippen molar-refractivity contribution in [1.82, 2.24) is 20.5 Å². The minimum Gasteiger partial charge on any atom is -0.349 e. The lowest BCUT2D eigenvalue weighted by atomic mass is 10.3. The van der Waals surface area contributed by atoms with E-state index < -0.39 is 0 Å². The summed E-state index contributed by atoms with van der Waals surface area (Å²) in [6, 6.07) is 0. The largest absolute Gasteiger partial charge is 0.349 e. The normalized spacial score (nSPS) is 12.5. The Hall–Kier alpha value is -1.04. The van der Waals surface area contributed by atoms with Crippen LogP contribution in [0.5, 0.6) is 0 Å². The molecule has 2 N–H and O–H groups in total. The summed E-state index contributed by atoms with van der Waals surface area (Å²) in [6.45, 7) is 4.56. The van der Waals surface area contributed by atoms with E-state index in [4.69, 9.17) is 0 Å². The second-order valence-corrected chi connectivity index (χ2v) is 4.61. The molecule has 0 saturated carbocycles. The molecule has 0 aliphatic carbocycles. The average molecular weight is 228 g/mol. The van der Waals surface area contributed by atoms with Crippen LogP contribution in [0.25, 0.3) is 0 Å². The second kappa shape index (κ2) is 5.75. The number of hydrogen-bond donors (Lipinski definition) is 2. The number of H-pyrrole nitrogens is 1. The van der Waals surface area contributed by atoms with Crippen LogP contribution in [0.2, 0.25) is 0 Å². The number of aromatic amines is 1. The van der Waals surface area contributed by atoms with Gasteiger partial charge in [0.2, 0.25) is 5.82 Å². The Labute approximate surface area is 93.4 Å². The van der Waals surface area contributed by atoms with Crippen molar-refractivity contribution < 1.29 is 4.79 Å². The summed E-state index contributed by atoms with van der Waals surface area (Å²) >= 11 is 1.79. The van der Waals surface area contributed by atoms with Crippen LogP contribution in [0.15, 0.2) is 0 Å². The average Bonchev–Trinajstić information content (AvgIpc) is 2.64. The van der Waals surface area contributed by atoms with Gasteiger partial charge in [-0.1, -0.05) is 6.92 Å². The summed E-state index contributed by atoms with van der Waals surface area (Å²) in [6.07, 6.45) is 3.02. The zero-order valence-electron chi connectivity index (χ0n) is 9.20. The number of nitrogens with zero attached hydrogens (tertiary/aromatic N) is 2. The maximum Gasteiger partial charge on any atom is 0.290 e. The van der Waals surface area contributed by atoms with E-state index in [1.807, 2.05) is 0 Å². The Morgan fingerprint density at radius 3 is 2.93 bits per heavy atom. The van der Waals surface area contributed by atoms with Crippen molar-refractivity contribution in [2.45, 2.75) is 25.5 Å². The van der Waals surface area contributed by atoms with Crippen molar-refractivity contribution in [3.63, 3.8) is 0 Å². The van der Waals surface area contributed by atoms with E-state index in [0.717, 1.165) is 6.42 Å². The molecule has 1 heterocycles. The highest BCUT2D eigenvalue weighted by Gasteiger charge is 2.10. The molecule has 0 aromatic carbocycles. The van der Waals surface area contributed by atoms with Crippen molar-refractivity contribution >= 4 is 17.7 Å². The fraction of sp³-hybridized carbons (Fsp3) is 0.667. The molecular weight excluding hydrogens is 212 g/mol. The number of aryl methyl sites for hydroxylation is 1. The lowest BCUT2D eigenvalue weighted by Crippen LogP contribution is -2.27. The second-order valence-electron chi connectivity index (χ2n) is 3.34. The molecular formula is C9H16N4OS. The van der Waals surface area contributed by atoms with Gasteiger partial charge in [0.05, 0.1) is 0 Å². The molecule has 0 spiro atoms. The zero-order valence-corrected chi connectivity index (χ0v) is 10.0. The smallest absolute Gasteiger partial charge is 0.290 e. The van der Waals surface area contributed by atoms with Gasteiger partial charge < -0.3 is 5.32 Å². The Morgan fingerprint density at radius 1 is 1.67 bits per heavy atom. The van der Waals surface area contributed by atoms with Crippen LogP contribution in [0.1, 0.15) is 29.8 Å². The number of aromatic nitrogens is 3. The number of nitrogens with one attached hydrogen (secondary N) is 2. The monoisotopic (exact) mass is 228 g/mol. The van der Waals surface area contributed by atoms with Crippen LogP contribution in [-0.4, -0.2) is 39.1 Å². The molecule has 1 atom stereocenters. The van der Waals surface area contributed by atoms with E-state index in [9.17, 15) is 4.79 Å². The van der Waals surface area contributed by atoms with Gasteiger partial charge in [0.15, 0.2) is 0 Å². The summed E-state index contributed by atoms with van der Waals surface area (Å²) in [7, 11) is 0. The highest BCUT2D eigenvalue weighted by Crippen LogP contribution is 2.07. The molecule has 1 aromatic heterocycles. The number of rotatable bonds is 5. The van der Waals surface area contributed by atoms with Gasteiger partial charge in [-0.05, 0) is 19.6 Å². The van der Waals surface area contributed by atoms with E-state index in [1.165, 1.54) is 0 Å². The van der Waals surface area contributed by atoms with Gasteiger partial charge in [-0.25, -0.2) is 4.98 Å². The lowest BCUT2D eigenvalue weighted by Gasteiger charge is -2.07. The quantitative estimate of drug-likeness (QED) is 0.788. The Kier molecular flexibility index (Phi) is 4.61. The predicted molar refractivity (Wildman–Crippen MR) is 61.0 cm³/mol. The molecule has 1 unspecified atom stereocenters. The fourth-order valence-electron chi connectivity index (χ4n) is 1.03. The van der Waals surface area contributed by atoms with Crippen LogP contribution in [-0.2, 0) is 0 Å². The third kappa shape index (κ3) is 3.91. The van der Waals surface area contributed by atoms with Gasteiger partial charge in [0, 0.05) is 11.8 Å². The molecule has 6 heteroatoms. The van der Waals surface area contributed by atoms with E-state index in [2.05, 4.69) is 33.7 Å². The third-order valence-corrected chi connectivity index (χ3v) is 3.08. The van der Waals surface area contributed by atoms with Crippen LogP contribution in [0, 0.1) is 6.92 Å². The van der Waals surface area contributed by atoms with Crippen molar-refractivity contribution in [2.24, 2.45) is 0 Å². The summed E-state index contributed by atoms with van der Waals surface area (Å²) in [5.74, 6) is 0.648. The molecule has 0 aliphatic rings. The first kappa shape index (κ1) is 12.0. The van der Waals surface area contributed by atoms with E-state index in [1.54, 1.807) is 18.7 Å². The molecule has 1 aromatic rings. The number of carbonyl (C=O) groups is 1. The standard InChI is InChI=1S/C9H16N4OS/c1-6(15-3)4-5-10-9(14)8-11-7(2)12-13-8/h6H,4-5H2,1-3H3,(H,10,14)(H,11,12,13). The van der Waals surface area contributed by atoms with Crippen molar-refractivity contribution in [3.05, 3.63) is 11.6 Å². The Balaban J connectivity index is 2.31. The van der Waals surface area contributed by atoms with Gasteiger partial charge in [-0.15, -0.1) is 5.10 Å². The SMILES string of the molecule is CSC(C)CCNC(=O)c1n[nH]c(C)n1. The summed E-state index contributed by atoms with van der Waals surface area (Å²) in [4.78, 5) is 15.4. The molecule has 0 aliphatic heterocycles. The minimum absolute atomic E-state index is 0.212. The van der Waals surface area contributed by atoms with E-state index >= 15 is 0 Å². The minimum atomic E-state index is -0.215. The van der Waals surface area contributed by atoms with Gasteiger partial charge in [0.25, 0.3) is 5.91 Å². The molecule has 84 valence electrons. The first-order valence-corrected chi connectivity index (χ1v) is 6.12. The predicted octanol–water partition coefficient (Wildman–Crippen LogP) is 0.985. The lowest BCUT2D eigenvalue weighted by molar-refractivity contribution is 0.0943. The molecule has 1 amide bonds. The Morgan fingerprint density at radius 2 is 2.40 bits per heavy atom. The Bertz CT molecular complexity index is 326. The van der Waals surface area contributed by atoms with E-state index in [-0.39, 0.29) is 11.7 Å². The molecule has 0 radical (unpaired) electrons. The van der Waals surface area contributed by atoms with Crippen LogP contribution in [0.4, 0.5) is 0 Å². The van der Waals surface area contributed by atoms with Gasteiger partial charge in [-0.2, -0.15) is 11.8 Å². The van der Waals surface area contributed by atoms with Gasteiger partial charge in [0.1, 0.15) is 5.82 Å². The van der Waals surface area contributed by atoms with Crippen molar-refractivity contribution in [3.8, 4) is 0 Å². The third-order valence-electron chi connectivity index (χ3n) is 2.04. The van der Waals surface area contributed by atoms with Crippen LogP contribution >= 0.6 is 11.8 Å². The molecule has 0 bridgehead atoms. The zero-order chi connectivity index (χ0) is 11.3. The summed E-state index contributed by atoms with van der Waals surface area (Å²) in [5, 5.41) is 9.75.